The molecule has 3 rings (SSSR count). The van der Waals surface area contributed by atoms with Crippen molar-refractivity contribution in [1.29, 1.82) is 0 Å². The molecular weight excluding hydrogens is 298 g/mol. The normalized spacial score (nSPS) is 10.4. The monoisotopic (exact) mass is 311 g/mol. The van der Waals surface area contributed by atoms with Crippen molar-refractivity contribution in [1.82, 2.24) is 9.78 Å². The number of anilines is 1. The molecule has 0 saturated carbocycles. The van der Waals surface area contributed by atoms with Gasteiger partial charge in [0.15, 0.2) is 0 Å². The third-order valence-electron chi connectivity index (χ3n) is 3.14. The van der Waals surface area contributed by atoms with Gasteiger partial charge in [0.1, 0.15) is 0 Å². The first-order valence-corrected chi connectivity index (χ1v) is 7.23. The van der Waals surface area contributed by atoms with E-state index in [-0.39, 0.29) is 12.3 Å². The van der Waals surface area contributed by atoms with E-state index in [9.17, 15) is 4.79 Å². The summed E-state index contributed by atoms with van der Waals surface area (Å²) in [6, 6.07) is 17.0. The second-order valence-corrected chi connectivity index (χ2v) is 5.30. The second kappa shape index (κ2) is 6.45. The number of nitrogens with one attached hydrogen (secondary N) is 1. The molecule has 0 atom stereocenters. The molecule has 0 aliphatic carbocycles. The highest BCUT2D eigenvalue weighted by Crippen LogP contribution is 2.14. The zero-order chi connectivity index (χ0) is 15.4. The average Bonchev–Trinajstić information content (AvgIpc) is 2.96. The van der Waals surface area contributed by atoms with E-state index >= 15 is 0 Å². The molecule has 1 aromatic heterocycles. The van der Waals surface area contributed by atoms with Crippen molar-refractivity contribution in [3.63, 3.8) is 0 Å². The fraction of sp³-hybridized carbons (Fsp3) is 0.0588. The molecule has 5 heteroatoms. The predicted octanol–water partition coefficient (Wildman–Crippen LogP) is 3.71. The summed E-state index contributed by atoms with van der Waals surface area (Å²) in [5, 5.41) is 7.70. The zero-order valence-electron chi connectivity index (χ0n) is 11.7. The molecule has 22 heavy (non-hydrogen) atoms. The van der Waals surface area contributed by atoms with Crippen LogP contribution < -0.4 is 5.32 Å². The Balaban J connectivity index is 1.66. The molecule has 0 aliphatic rings. The van der Waals surface area contributed by atoms with Crippen LogP contribution in [0.25, 0.3) is 5.69 Å². The van der Waals surface area contributed by atoms with E-state index in [1.807, 2.05) is 42.5 Å². The fourth-order valence-electron chi connectivity index (χ4n) is 2.15. The van der Waals surface area contributed by atoms with Crippen LogP contribution in [0.5, 0.6) is 0 Å². The largest absolute Gasteiger partial charge is 0.323 e. The van der Waals surface area contributed by atoms with Gasteiger partial charge < -0.3 is 5.32 Å². The summed E-state index contributed by atoms with van der Waals surface area (Å²) in [4.78, 5) is 12.0. The first-order valence-electron chi connectivity index (χ1n) is 6.85. The molecule has 1 amide bonds. The highest BCUT2D eigenvalue weighted by molar-refractivity contribution is 6.30. The van der Waals surface area contributed by atoms with Crippen molar-refractivity contribution < 1.29 is 4.79 Å². The summed E-state index contributed by atoms with van der Waals surface area (Å²) in [6.07, 6.45) is 3.69. The van der Waals surface area contributed by atoms with Gasteiger partial charge in [-0.15, -0.1) is 0 Å². The first kappa shape index (κ1) is 14.4. The molecule has 4 nitrogen and oxygen atoms in total. The van der Waals surface area contributed by atoms with E-state index < -0.39 is 0 Å². The number of hydrogen-bond acceptors (Lipinski definition) is 2. The number of para-hydroxylation sites is 1. The summed E-state index contributed by atoms with van der Waals surface area (Å²) in [5.74, 6) is -0.102. The molecule has 110 valence electrons. The van der Waals surface area contributed by atoms with Gasteiger partial charge in [0.2, 0.25) is 5.91 Å². The summed E-state index contributed by atoms with van der Waals surface area (Å²) >= 11 is 5.91. The van der Waals surface area contributed by atoms with Gasteiger partial charge in [-0.1, -0.05) is 41.9 Å². The van der Waals surface area contributed by atoms with Crippen molar-refractivity contribution in [2.24, 2.45) is 0 Å². The lowest BCUT2D eigenvalue weighted by Gasteiger charge is -2.03. The van der Waals surface area contributed by atoms with Crippen LogP contribution in [0.4, 0.5) is 5.69 Å². The summed E-state index contributed by atoms with van der Waals surface area (Å²) in [5.41, 5.74) is 2.48. The summed E-state index contributed by atoms with van der Waals surface area (Å²) in [6.45, 7) is 0. The highest BCUT2D eigenvalue weighted by Gasteiger charge is 2.07. The number of amides is 1. The number of halogens is 1. The lowest BCUT2D eigenvalue weighted by molar-refractivity contribution is -0.115. The van der Waals surface area contributed by atoms with Crippen molar-refractivity contribution in [3.05, 3.63) is 77.6 Å². The number of carbonyl (C=O) groups is 1. The SMILES string of the molecule is O=C(Cc1cccc(Cl)c1)Nc1cnn(-c2ccccc2)c1. The van der Waals surface area contributed by atoms with Crippen LogP contribution >= 0.6 is 11.6 Å². The van der Waals surface area contributed by atoms with Crippen LogP contribution in [0, 0.1) is 0 Å². The number of benzene rings is 2. The Morgan fingerprint density at radius 1 is 1.14 bits per heavy atom. The number of rotatable bonds is 4. The van der Waals surface area contributed by atoms with Crippen molar-refractivity contribution in [3.8, 4) is 5.69 Å². The molecular formula is C17H14ClN3O. The van der Waals surface area contributed by atoms with Gasteiger partial charge in [-0.3, -0.25) is 4.79 Å². The van der Waals surface area contributed by atoms with E-state index in [0.29, 0.717) is 10.7 Å². The Bertz CT molecular complexity index is 783. The zero-order valence-corrected chi connectivity index (χ0v) is 12.5. The highest BCUT2D eigenvalue weighted by atomic mass is 35.5. The number of aromatic nitrogens is 2. The van der Waals surface area contributed by atoms with Crippen molar-refractivity contribution >= 4 is 23.2 Å². The lowest BCUT2D eigenvalue weighted by Crippen LogP contribution is -2.13. The number of carbonyl (C=O) groups excluding carboxylic acids is 1. The van der Waals surface area contributed by atoms with Crippen LogP contribution in [-0.4, -0.2) is 15.7 Å². The van der Waals surface area contributed by atoms with Crippen LogP contribution in [0.3, 0.4) is 0 Å². The van der Waals surface area contributed by atoms with Gasteiger partial charge in [0.05, 0.1) is 30.2 Å². The van der Waals surface area contributed by atoms with Gasteiger partial charge in [-0.05, 0) is 29.8 Å². The quantitative estimate of drug-likeness (QED) is 0.798. The topological polar surface area (TPSA) is 46.9 Å². The van der Waals surface area contributed by atoms with Gasteiger partial charge in [-0.25, -0.2) is 4.68 Å². The van der Waals surface area contributed by atoms with Gasteiger partial charge >= 0.3 is 0 Å². The standard InChI is InChI=1S/C17H14ClN3O/c18-14-6-4-5-13(9-14)10-17(22)20-15-11-19-21(12-15)16-7-2-1-3-8-16/h1-9,11-12H,10H2,(H,20,22). The Morgan fingerprint density at radius 2 is 1.95 bits per heavy atom. The average molecular weight is 312 g/mol. The minimum atomic E-state index is -0.102. The number of nitrogens with zero attached hydrogens (tertiary/aromatic N) is 2. The molecule has 0 radical (unpaired) electrons. The molecule has 0 spiro atoms. The lowest BCUT2D eigenvalue weighted by atomic mass is 10.1. The van der Waals surface area contributed by atoms with E-state index in [1.165, 1.54) is 0 Å². The Kier molecular flexibility index (Phi) is 4.21. The van der Waals surface area contributed by atoms with Crippen LogP contribution in [0.1, 0.15) is 5.56 Å². The molecule has 0 bridgehead atoms. The third-order valence-corrected chi connectivity index (χ3v) is 3.38. The maximum absolute atomic E-state index is 12.0. The van der Waals surface area contributed by atoms with E-state index in [1.54, 1.807) is 29.2 Å². The Labute approximate surface area is 133 Å². The van der Waals surface area contributed by atoms with Crippen LogP contribution in [0.15, 0.2) is 67.0 Å². The molecule has 1 N–H and O–H groups in total. The third kappa shape index (κ3) is 3.54. The van der Waals surface area contributed by atoms with Gasteiger partial charge in [0.25, 0.3) is 0 Å². The van der Waals surface area contributed by atoms with Crippen molar-refractivity contribution in [2.45, 2.75) is 6.42 Å². The minimum Gasteiger partial charge on any atom is -0.323 e. The van der Waals surface area contributed by atoms with E-state index in [2.05, 4.69) is 10.4 Å². The molecule has 0 saturated heterocycles. The maximum Gasteiger partial charge on any atom is 0.228 e. The molecule has 0 unspecified atom stereocenters. The van der Waals surface area contributed by atoms with Crippen LogP contribution in [0.2, 0.25) is 5.02 Å². The van der Waals surface area contributed by atoms with Gasteiger partial charge in [-0.2, -0.15) is 5.10 Å². The Hall–Kier alpha value is -2.59. The van der Waals surface area contributed by atoms with Crippen LogP contribution in [-0.2, 0) is 11.2 Å². The molecule has 3 aromatic rings. The first-order chi connectivity index (χ1) is 10.7. The van der Waals surface area contributed by atoms with Crippen molar-refractivity contribution in [2.75, 3.05) is 5.32 Å². The van der Waals surface area contributed by atoms with Gasteiger partial charge in [0, 0.05) is 5.02 Å². The summed E-state index contributed by atoms with van der Waals surface area (Å²) < 4.78 is 1.72. The smallest absolute Gasteiger partial charge is 0.228 e. The van der Waals surface area contributed by atoms with E-state index in [0.717, 1.165) is 11.3 Å². The minimum absolute atomic E-state index is 0.102. The maximum atomic E-state index is 12.0. The molecule has 0 fully saturated rings. The predicted molar refractivity (Wildman–Crippen MR) is 87.3 cm³/mol. The van der Waals surface area contributed by atoms with E-state index in [4.69, 9.17) is 11.6 Å². The number of hydrogen-bond donors (Lipinski definition) is 1. The molecule has 1 heterocycles. The summed E-state index contributed by atoms with van der Waals surface area (Å²) in [7, 11) is 0. The second-order valence-electron chi connectivity index (χ2n) is 4.86. The molecule has 2 aromatic carbocycles. The fourth-order valence-corrected chi connectivity index (χ4v) is 2.36. The Morgan fingerprint density at radius 3 is 2.73 bits per heavy atom. The molecule has 0 aliphatic heterocycles.